The summed E-state index contributed by atoms with van der Waals surface area (Å²) in [6, 6.07) is 14.6. The van der Waals surface area contributed by atoms with Crippen molar-refractivity contribution in [1.82, 2.24) is 0 Å². The molecular formula is C18H16N4O3. The summed E-state index contributed by atoms with van der Waals surface area (Å²) >= 11 is 0. The zero-order valence-electron chi connectivity index (χ0n) is 13.4. The zero-order valence-corrected chi connectivity index (χ0v) is 13.4. The number of carbonyl (C=O) groups excluding carboxylic acids is 2. The van der Waals surface area contributed by atoms with E-state index in [0.29, 0.717) is 17.1 Å². The van der Waals surface area contributed by atoms with Gasteiger partial charge in [0.15, 0.2) is 0 Å². The normalized spacial score (nSPS) is 10.5. The molecule has 0 saturated carbocycles. The Morgan fingerprint density at radius 1 is 1.04 bits per heavy atom. The monoisotopic (exact) mass is 336 g/mol. The predicted octanol–water partition coefficient (Wildman–Crippen LogP) is 2.81. The molecule has 126 valence electrons. The molecule has 0 unspecified atom stereocenters. The summed E-state index contributed by atoms with van der Waals surface area (Å²) < 4.78 is 0. The second-order valence-electron chi connectivity index (χ2n) is 5.08. The summed E-state index contributed by atoms with van der Waals surface area (Å²) in [5.74, 6) is -0.701. The number of nitrogens with zero attached hydrogens (tertiary/aromatic N) is 1. The van der Waals surface area contributed by atoms with E-state index in [0.717, 1.165) is 0 Å². The van der Waals surface area contributed by atoms with Crippen molar-refractivity contribution >= 4 is 28.9 Å². The Balaban J connectivity index is 2.03. The number of nitriles is 1. The quantitative estimate of drug-likeness (QED) is 0.495. The molecule has 2 rings (SSSR count). The molecule has 2 aromatic carbocycles. The van der Waals surface area contributed by atoms with Crippen LogP contribution in [0, 0.1) is 11.3 Å². The van der Waals surface area contributed by atoms with Crippen LogP contribution in [0.25, 0.3) is 0 Å². The van der Waals surface area contributed by atoms with Crippen LogP contribution in [0.15, 0.2) is 60.3 Å². The highest BCUT2D eigenvalue weighted by atomic mass is 16.3. The van der Waals surface area contributed by atoms with Gasteiger partial charge in [0, 0.05) is 36.3 Å². The molecule has 2 amide bonds. The average molecular weight is 336 g/mol. The topological polar surface area (TPSA) is 114 Å². The van der Waals surface area contributed by atoms with Gasteiger partial charge in [-0.25, -0.2) is 0 Å². The molecule has 25 heavy (non-hydrogen) atoms. The highest BCUT2D eigenvalue weighted by Crippen LogP contribution is 2.16. The molecule has 0 bridgehead atoms. The number of phenols is 1. The van der Waals surface area contributed by atoms with E-state index in [-0.39, 0.29) is 17.2 Å². The summed E-state index contributed by atoms with van der Waals surface area (Å²) in [7, 11) is 0. The third kappa shape index (κ3) is 5.41. The van der Waals surface area contributed by atoms with Gasteiger partial charge in [0.05, 0.1) is 0 Å². The van der Waals surface area contributed by atoms with Crippen molar-refractivity contribution in [3.8, 4) is 11.8 Å². The molecule has 0 aliphatic carbocycles. The molecule has 0 heterocycles. The minimum atomic E-state index is -0.581. The molecule has 7 nitrogen and oxygen atoms in total. The van der Waals surface area contributed by atoms with E-state index in [4.69, 9.17) is 5.26 Å². The molecule has 0 aliphatic heterocycles. The maximum atomic E-state index is 12.1. The summed E-state index contributed by atoms with van der Waals surface area (Å²) in [4.78, 5) is 23.1. The lowest BCUT2D eigenvalue weighted by Gasteiger charge is -2.07. The van der Waals surface area contributed by atoms with Crippen LogP contribution in [0.2, 0.25) is 0 Å². The van der Waals surface area contributed by atoms with Gasteiger partial charge in [0.25, 0.3) is 5.91 Å². The standard InChI is InChI=1S/C18H16N4O3/c1-12(23)21-14-5-7-15(8-6-14)22-18(25)13(10-19)11-20-16-3-2-4-17(24)9-16/h2-9,11,20,24H,1H3,(H,21,23)(H,22,25)/b13-11-. The number of hydrogen-bond donors (Lipinski definition) is 4. The number of anilines is 3. The van der Waals surface area contributed by atoms with Crippen LogP contribution >= 0.6 is 0 Å². The summed E-state index contributed by atoms with van der Waals surface area (Å²) in [5, 5.41) is 26.5. The Labute approximate surface area is 144 Å². The van der Waals surface area contributed by atoms with E-state index in [1.807, 2.05) is 6.07 Å². The molecule has 0 aromatic heterocycles. The van der Waals surface area contributed by atoms with Gasteiger partial charge in [0.1, 0.15) is 17.4 Å². The lowest BCUT2D eigenvalue weighted by molar-refractivity contribution is -0.114. The Hall–Kier alpha value is -3.79. The third-order valence-corrected chi connectivity index (χ3v) is 3.06. The fraction of sp³-hybridized carbons (Fsp3) is 0.0556. The first kappa shape index (κ1) is 17.6. The number of phenolic OH excluding ortho intramolecular Hbond substituents is 1. The van der Waals surface area contributed by atoms with Gasteiger partial charge in [0.2, 0.25) is 5.91 Å². The van der Waals surface area contributed by atoms with E-state index in [1.54, 1.807) is 36.4 Å². The maximum absolute atomic E-state index is 12.1. The zero-order chi connectivity index (χ0) is 18.2. The van der Waals surface area contributed by atoms with Crippen LogP contribution in [-0.4, -0.2) is 16.9 Å². The number of hydrogen-bond acceptors (Lipinski definition) is 5. The highest BCUT2D eigenvalue weighted by Gasteiger charge is 2.09. The highest BCUT2D eigenvalue weighted by molar-refractivity contribution is 6.06. The average Bonchev–Trinajstić information content (AvgIpc) is 2.57. The predicted molar refractivity (Wildman–Crippen MR) is 94.8 cm³/mol. The smallest absolute Gasteiger partial charge is 0.267 e. The number of rotatable bonds is 5. The number of benzene rings is 2. The summed E-state index contributed by atoms with van der Waals surface area (Å²) in [6.45, 7) is 1.40. The van der Waals surface area contributed by atoms with Gasteiger partial charge >= 0.3 is 0 Å². The van der Waals surface area contributed by atoms with E-state index in [9.17, 15) is 14.7 Å². The van der Waals surface area contributed by atoms with E-state index in [2.05, 4.69) is 16.0 Å². The van der Waals surface area contributed by atoms with Gasteiger partial charge in [-0.05, 0) is 36.4 Å². The van der Waals surface area contributed by atoms with Crippen LogP contribution in [0.4, 0.5) is 17.1 Å². The first-order valence-electron chi connectivity index (χ1n) is 7.33. The van der Waals surface area contributed by atoms with Crippen molar-refractivity contribution in [3.63, 3.8) is 0 Å². The molecule has 0 spiro atoms. The summed E-state index contributed by atoms with van der Waals surface area (Å²) in [6.07, 6.45) is 1.26. The number of nitrogens with one attached hydrogen (secondary N) is 3. The minimum Gasteiger partial charge on any atom is -0.508 e. The molecule has 2 aromatic rings. The second kappa shape index (κ2) is 8.17. The van der Waals surface area contributed by atoms with Gasteiger partial charge < -0.3 is 21.1 Å². The first-order chi connectivity index (χ1) is 12.0. The Bertz CT molecular complexity index is 851. The van der Waals surface area contributed by atoms with Gasteiger partial charge in [-0.2, -0.15) is 5.26 Å². The van der Waals surface area contributed by atoms with Crippen LogP contribution in [0.5, 0.6) is 5.75 Å². The minimum absolute atomic E-state index is 0.0700. The van der Waals surface area contributed by atoms with Crippen molar-refractivity contribution in [2.75, 3.05) is 16.0 Å². The van der Waals surface area contributed by atoms with Crippen molar-refractivity contribution in [2.45, 2.75) is 6.92 Å². The van der Waals surface area contributed by atoms with Gasteiger partial charge in [-0.3, -0.25) is 9.59 Å². The van der Waals surface area contributed by atoms with E-state index < -0.39 is 5.91 Å². The largest absolute Gasteiger partial charge is 0.508 e. The lowest BCUT2D eigenvalue weighted by Crippen LogP contribution is -2.14. The molecule has 0 aliphatic rings. The first-order valence-corrected chi connectivity index (χ1v) is 7.33. The molecule has 4 N–H and O–H groups in total. The Morgan fingerprint density at radius 3 is 2.24 bits per heavy atom. The van der Waals surface area contributed by atoms with Crippen LogP contribution < -0.4 is 16.0 Å². The van der Waals surface area contributed by atoms with Crippen molar-refractivity contribution in [3.05, 3.63) is 60.3 Å². The van der Waals surface area contributed by atoms with E-state index in [1.165, 1.54) is 25.3 Å². The number of aromatic hydroxyl groups is 1. The lowest BCUT2D eigenvalue weighted by atomic mass is 10.2. The molecule has 0 fully saturated rings. The van der Waals surface area contributed by atoms with Gasteiger partial charge in [-0.1, -0.05) is 6.07 Å². The molecule has 0 radical (unpaired) electrons. The van der Waals surface area contributed by atoms with E-state index >= 15 is 0 Å². The molecular weight excluding hydrogens is 320 g/mol. The molecule has 7 heteroatoms. The van der Waals surface area contributed by atoms with Crippen LogP contribution in [0.3, 0.4) is 0 Å². The molecule has 0 atom stereocenters. The Morgan fingerprint density at radius 2 is 1.68 bits per heavy atom. The van der Waals surface area contributed by atoms with Crippen LogP contribution in [0.1, 0.15) is 6.92 Å². The fourth-order valence-electron chi connectivity index (χ4n) is 1.94. The number of amides is 2. The summed E-state index contributed by atoms with van der Waals surface area (Å²) in [5.41, 5.74) is 1.50. The SMILES string of the molecule is CC(=O)Nc1ccc(NC(=O)/C(C#N)=C\Nc2cccc(O)c2)cc1. The third-order valence-electron chi connectivity index (χ3n) is 3.06. The van der Waals surface area contributed by atoms with Crippen molar-refractivity contribution in [1.29, 1.82) is 5.26 Å². The van der Waals surface area contributed by atoms with Crippen LogP contribution in [-0.2, 0) is 9.59 Å². The van der Waals surface area contributed by atoms with Crippen molar-refractivity contribution < 1.29 is 14.7 Å². The fourth-order valence-corrected chi connectivity index (χ4v) is 1.94. The number of carbonyl (C=O) groups is 2. The maximum Gasteiger partial charge on any atom is 0.267 e. The van der Waals surface area contributed by atoms with Crippen molar-refractivity contribution in [2.24, 2.45) is 0 Å². The molecule has 0 saturated heterocycles. The second-order valence-corrected chi connectivity index (χ2v) is 5.08. The Kier molecular flexibility index (Phi) is 5.74. The van der Waals surface area contributed by atoms with Gasteiger partial charge in [-0.15, -0.1) is 0 Å².